The largest absolute Gasteiger partial charge is 0.336 e. The highest BCUT2D eigenvalue weighted by molar-refractivity contribution is 14.1. The highest BCUT2D eigenvalue weighted by atomic mass is 127. The number of carbonyl (C=O) groups is 1. The van der Waals surface area contributed by atoms with Crippen molar-refractivity contribution in [1.29, 1.82) is 0 Å². The first-order valence-electron chi connectivity index (χ1n) is 5.73. The fourth-order valence-electron chi connectivity index (χ4n) is 1.65. The average Bonchev–Trinajstić information content (AvgIpc) is 2.28. The molecule has 0 fully saturated rings. The van der Waals surface area contributed by atoms with Crippen molar-refractivity contribution in [2.75, 3.05) is 6.54 Å². The van der Waals surface area contributed by atoms with Crippen LogP contribution in [0.3, 0.4) is 0 Å². The van der Waals surface area contributed by atoms with Crippen molar-refractivity contribution in [3.63, 3.8) is 0 Å². The van der Waals surface area contributed by atoms with E-state index in [0.717, 1.165) is 26.6 Å². The predicted molar refractivity (Wildman–Crippen MR) is 83.3 cm³/mol. The fourth-order valence-corrected chi connectivity index (χ4v) is 2.58. The molecule has 0 bridgehead atoms. The quantitative estimate of drug-likeness (QED) is 0.678. The molecule has 1 rings (SSSR count). The number of halogens is 2. The summed E-state index contributed by atoms with van der Waals surface area (Å²) in [6.45, 7) is 7.00. The molecular formula is C13H17BrINO. The third-order valence-corrected chi connectivity index (χ3v) is 3.94. The highest BCUT2D eigenvalue weighted by Gasteiger charge is 2.20. The van der Waals surface area contributed by atoms with Gasteiger partial charge in [0.05, 0.1) is 5.56 Å². The van der Waals surface area contributed by atoms with E-state index in [1.54, 1.807) is 0 Å². The molecule has 0 spiro atoms. The van der Waals surface area contributed by atoms with Crippen molar-refractivity contribution in [1.82, 2.24) is 4.90 Å². The Kier molecular flexibility index (Phi) is 5.92. The van der Waals surface area contributed by atoms with Gasteiger partial charge in [-0.15, -0.1) is 0 Å². The zero-order valence-electron chi connectivity index (χ0n) is 10.3. The molecule has 0 aliphatic rings. The number of nitrogens with zero attached hydrogens (tertiary/aromatic N) is 1. The summed E-state index contributed by atoms with van der Waals surface area (Å²) >= 11 is 5.62. The van der Waals surface area contributed by atoms with Gasteiger partial charge in [0.2, 0.25) is 0 Å². The minimum atomic E-state index is 0.118. The van der Waals surface area contributed by atoms with Crippen LogP contribution in [-0.2, 0) is 0 Å². The van der Waals surface area contributed by atoms with Crippen LogP contribution in [0.4, 0.5) is 0 Å². The van der Waals surface area contributed by atoms with Gasteiger partial charge in [-0.3, -0.25) is 4.79 Å². The van der Waals surface area contributed by atoms with E-state index >= 15 is 0 Å². The van der Waals surface area contributed by atoms with E-state index in [-0.39, 0.29) is 11.9 Å². The second kappa shape index (κ2) is 6.73. The van der Waals surface area contributed by atoms with Crippen molar-refractivity contribution < 1.29 is 4.79 Å². The molecule has 17 heavy (non-hydrogen) atoms. The summed E-state index contributed by atoms with van der Waals surface area (Å²) in [6, 6.07) is 6.05. The van der Waals surface area contributed by atoms with Crippen LogP contribution < -0.4 is 0 Å². The number of hydrogen-bond donors (Lipinski definition) is 0. The summed E-state index contributed by atoms with van der Waals surface area (Å²) in [6.07, 6.45) is 0.981. The standard InChI is InChI=1S/C13H17BrINO/c1-4-7-16(9(2)3)13(17)11-8-10(14)5-6-12(11)15/h5-6,8-9H,4,7H2,1-3H3. The zero-order valence-corrected chi connectivity index (χ0v) is 14.1. The summed E-state index contributed by atoms with van der Waals surface area (Å²) in [4.78, 5) is 14.4. The molecule has 4 heteroatoms. The van der Waals surface area contributed by atoms with Crippen LogP contribution >= 0.6 is 38.5 Å². The van der Waals surface area contributed by atoms with Crippen LogP contribution in [0, 0.1) is 3.57 Å². The molecule has 0 aliphatic heterocycles. The second-order valence-electron chi connectivity index (χ2n) is 4.22. The van der Waals surface area contributed by atoms with Gasteiger partial charge in [-0.05, 0) is 61.1 Å². The monoisotopic (exact) mass is 409 g/mol. The van der Waals surface area contributed by atoms with E-state index in [2.05, 4.69) is 59.3 Å². The van der Waals surface area contributed by atoms with Gasteiger partial charge in [-0.25, -0.2) is 0 Å². The molecule has 0 aliphatic carbocycles. The van der Waals surface area contributed by atoms with Gasteiger partial charge in [0.1, 0.15) is 0 Å². The van der Waals surface area contributed by atoms with Crippen molar-refractivity contribution in [2.24, 2.45) is 0 Å². The molecule has 1 amide bonds. The lowest BCUT2D eigenvalue weighted by molar-refractivity contribution is 0.0705. The molecular weight excluding hydrogens is 393 g/mol. The Morgan fingerprint density at radius 2 is 2.12 bits per heavy atom. The molecule has 2 nitrogen and oxygen atoms in total. The van der Waals surface area contributed by atoms with Gasteiger partial charge in [0.15, 0.2) is 0 Å². The summed E-state index contributed by atoms with van der Waals surface area (Å²) in [5, 5.41) is 0. The van der Waals surface area contributed by atoms with Crippen molar-refractivity contribution >= 4 is 44.4 Å². The third-order valence-electron chi connectivity index (χ3n) is 2.51. The molecule has 0 saturated carbocycles. The van der Waals surface area contributed by atoms with E-state index < -0.39 is 0 Å². The molecule has 94 valence electrons. The van der Waals surface area contributed by atoms with Crippen molar-refractivity contribution in [3.05, 3.63) is 31.8 Å². The average molecular weight is 410 g/mol. The summed E-state index contributed by atoms with van der Waals surface area (Å²) in [7, 11) is 0. The first kappa shape index (κ1) is 15.0. The van der Waals surface area contributed by atoms with Crippen LogP contribution in [0.25, 0.3) is 0 Å². The van der Waals surface area contributed by atoms with Crippen LogP contribution in [-0.4, -0.2) is 23.4 Å². The van der Waals surface area contributed by atoms with Gasteiger partial charge in [0, 0.05) is 20.6 Å². The van der Waals surface area contributed by atoms with Crippen LogP contribution in [0.15, 0.2) is 22.7 Å². The lowest BCUT2D eigenvalue weighted by Crippen LogP contribution is -2.37. The maximum Gasteiger partial charge on any atom is 0.255 e. The smallest absolute Gasteiger partial charge is 0.255 e. The molecule has 0 heterocycles. The zero-order chi connectivity index (χ0) is 13.0. The predicted octanol–water partition coefficient (Wildman–Crippen LogP) is 4.31. The molecule has 0 unspecified atom stereocenters. The Balaban J connectivity index is 3.04. The Morgan fingerprint density at radius 3 is 2.65 bits per heavy atom. The first-order valence-corrected chi connectivity index (χ1v) is 7.60. The number of benzene rings is 1. The van der Waals surface area contributed by atoms with Crippen LogP contribution in [0.2, 0.25) is 0 Å². The minimum absolute atomic E-state index is 0.118. The SMILES string of the molecule is CCCN(C(=O)c1cc(Br)ccc1I)C(C)C. The molecule has 0 aromatic heterocycles. The van der Waals surface area contributed by atoms with E-state index in [4.69, 9.17) is 0 Å². The minimum Gasteiger partial charge on any atom is -0.336 e. The van der Waals surface area contributed by atoms with Crippen LogP contribution in [0.5, 0.6) is 0 Å². The molecule has 0 atom stereocenters. The molecule has 1 aromatic rings. The van der Waals surface area contributed by atoms with E-state index in [0.29, 0.717) is 0 Å². The third kappa shape index (κ3) is 3.95. The number of amides is 1. The molecule has 0 saturated heterocycles. The summed E-state index contributed by atoms with van der Waals surface area (Å²) in [5.74, 6) is 0.118. The van der Waals surface area contributed by atoms with Gasteiger partial charge >= 0.3 is 0 Å². The second-order valence-corrected chi connectivity index (χ2v) is 6.29. The van der Waals surface area contributed by atoms with Gasteiger partial charge in [-0.2, -0.15) is 0 Å². The number of carbonyl (C=O) groups excluding carboxylic acids is 1. The van der Waals surface area contributed by atoms with E-state index in [1.165, 1.54) is 0 Å². The molecule has 0 radical (unpaired) electrons. The van der Waals surface area contributed by atoms with E-state index in [9.17, 15) is 4.79 Å². The van der Waals surface area contributed by atoms with Gasteiger partial charge < -0.3 is 4.90 Å². The Morgan fingerprint density at radius 1 is 1.47 bits per heavy atom. The Hall–Kier alpha value is -0.100. The van der Waals surface area contributed by atoms with Gasteiger partial charge in [0.25, 0.3) is 5.91 Å². The van der Waals surface area contributed by atoms with E-state index in [1.807, 2.05) is 23.1 Å². The first-order chi connectivity index (χ1) is 7.97. The molecule has 0 N–H and O–H groups in total. The maximum absolute atomic E-state index is 12.4. The van der Waals surface area contributed by atoms with Crippen LogP contribution in [0.1, 0.15) is 37.6 Å². The Bertz CT molecular complexity index is 406. The van der Waals surface area contributed by atoms with Crippen molar-refractivity contribution in [2.45, 2.75) is 33.2 Å². The topological polar surface area (TPSA) is 20.3 Å². The summed E-state index contributed by atoms with van der Waals surface area (Å²) in [5.41, 5.74) is 0.780. The number of rotatable bonds is 4. The normalized spacial score (nSPS) is 10.7. The number of hydrogen-bond acceptors (Lipinski definition) is 1. The molecule has 1 aromatic carbocycles. The highest BCUT2D eigenvalue weighted by Crippen LogP contribution is 2.21. The lowest BCUT2D eigenvalue weighted by atomic mass is 10.1. The fraction of sp³-hybridized carbons (Fsp3) is 0.462. The maximum atomic E-state index is 12.4. The van der Waals surface area contributed by atoms with Crippen molar-refractivity contribution in [3.8, 4) is 0 Å². The summed E-state index contributed by atoms with van der Waals surface area (Å²) < 4.78 is 1.94. The Labute approximate surface area is 125 Å². The lowest BCUT2D eigenvalue weighted by Gasteiger charge is -2.26. The van der Waals surface area contributed by atoms with Gasteiger partial charge in [-0.1, -0.05) is 22.9 Å².